The lowest BCUT2D eigenvalue weighted by Gasteiger charge is -2.33. The van der Waals surface area contributed by atoms with E-state index in [9.17, 15) is 4.79 Å². The van der Waals surface area contributed by atoms with Gasteiger partial charge in [-0.15, -0.1) is 0 Å². The van der Waals surface area contributed by atoms with E-state index in [1.807, 2.05) is 47.0 Å². The fourth-order valence-corrected chi connectivity index (χ4v) is 3.36. The van der Waals surface area contributed by atoms with E-state index in [0.717, 1.165) is 55.3 Å². The van der Waals surface area contributed by atoms with Crippen molar-refractivity contribution in [2.45, 2.75) is 38.6 Å². The number of piperidine rings is 1. The predicted octanol–water partition coefficient (Wildman–Crippen LogP) is 3.46. The number of aromatic nitrogens is 2. The molecule has 0 radical (unpaired) electrons. The minimum absolute atomic E-state index is 0.0994. The first-order valence-corrected chi connectivity index (χ1v) is 9.22. The van der Waals surface area contributed by atoms with Gasteiger partial charge in [-0.3, -0.25) is 9.48 Å². The highest BCUT2D eigenvalue weighted by Crippen LogP contribution is 2.29. The Labute approximate surface area is 148 Å². The highest BCUT2D eigenvalue weighted by Gasteiger charge is 2.26. The number of benzene rings is 1. The van der Waals surface area contributed by atoms with E-state index in [0.29, 0.717) is 0 Å². The minimum Gasteiger partial charge on any atom is -0.493 e. The molecule has 2 aromatic rings. The van der Waals surface area contributed by atoms with Gasteiger partial charge in [-0.05, 0) is 68.4 Å². The molecule has 1 aromatic carbocycles. The Balaban J connectivity index is 1.39. The summed E-state index contributed by atoms with van der Waals surface area (Å²) in [5.41, 5.74) is 1.89. The van der Waals surface area contributed by atoms with Crippen molar-refractivity contribution < 1.29 is 9.53 Å². The van der Waals surface area contributed by atoms with E-state index in [1.54, 1.807) is 0 Å². The molecule has 1 aliphatic carbocycles. The number of aryl methyl sites for hydroxylation is 1. The molecule has 132 valence electrons. The topological polar surface area (TPSA) is 47.4 Å². The molecule has 1 saturated heterocycles. The van der Waals surface area contributed by atoms with E-state index in [4.69, 9.17) is 4.74 Å². The van der Waals surface area contributed by atoms with Crippen molar-refractivity contribution in [2.75, 3.05) is 19.7 Å². The predicted molar refractivity (Wildman–Crippen MR) is 95.8 cm³/mol. The van der Waals surface area contributed by atoms with Crippen LogP contribution in [0.4, 0.5) is 0 Å². The van der Waals surface area contributed by atoms with E-state index in [2.05, 4.69) is 11.3 Å². The number of carbonyl (C=O) groups excluding carboxylic acids is 1. The Hall–Kier alpha value is -2.30. The maximum absolute atomic E-state index is 12.8. The van der Waals surface area contributed by atoms with E-state index in [-0.39, 0.29) is 11.9 Å². The van der Waals surface area contributed by atoms with Crippen molar-refractivity contribution >= 4 is 5.91 Å². The summed E-state index contributed by atoms with van der Waals surface area (Å²) in [6.45, 7) is 4.38. The van der Waals surface area contributed by atoms with Crippen LogP contribution in [0.5, 0.6) is 5.75 Å². The van der Waals surface area contributed by atoms with Crippen molar-refractivity contribution in [3.05, 3.63) is 47.8 Å². The number of amides is 1. The van der Waals surface area contributed by atoms with Crippen molar-refractivity contribution in [3.63, 3.8) is 0 Å². The molecule has 2 aliphatic rings. The third-order valence-corrected chi connectivity index (χ3v) is 5.07. The molecule has 1 amide bonds. The van der Waals surface area contributed by atoms with Crippen LogP contribution in [0.2, 0.25) is 0 Å². The Bertz CT molecular complexity index is 734. The van der Waals surface area contributed by atoms with Gasteiger partial charge in [0, 0.05) is 24.8 Å². The van der Waals surface area contributed by atoms with Crippen LogP contribution in [0, 0.1) is 12.8 Å². The third-order valence-electron chi connectivity index (χ3n) is 5.07. The first-order valence-electron chi connectivity index (χ1n) is 9.22. The van der Waals surface area contributed by atoms with Crippen LogP contribution in [0.3, 0.4) is 0 Å². The second-order valence-electron chi connectivity index (χ2n) is 7.32. The zero-order valence-corrected chi connectivity index (χ0v) is 14.7. The number of carbonyl (C=O) groups is 1. The van der Waals surface area contributed by atoms with Crippen LogP contribution in [0.25, 0.3) is 0 Å². The number of ether oxygens (including phenoxy) is 1. The van der Waals surface area contributed by atoms with E-state index < -0.39 is 0 Å². The molecule has 1 aliphatic heterocycles. The molecule has 4 rings (SSSR count). The summed E-state index contributed by atoms with van der Waals surface area (Å²) in [4.78, 5) is 14.8. The maximum Gasteiger partial charge on any atom is 0.253 e. The van der Waals surface area contributed by atoms with Gasteiger partial charge in [0.05, 0.1) is 18.8 Å². The standard InChI is InChI=1S/C20H25N3O2/c1-15-11-21-23(12-15)18-3-2-10-22(13-18)20(24)17-6-8-19(9-7-17)25-14-16-4-5-16/h6-9,11-12,16,18H,2-5,10,13-14H2,1H3. The molecule has 2 heterocycles. The van der Waals surface area contributed by atoms with Crippen molar-refractivity contribution in [1.29, 1.82) is 0 Å². The molecular formula is C20H25N3O2. The number of rotatable bonds is 5. The summed E-state index contributed by atoms with van der Waals surface area (Å²) in [5.74, 6) is 1.69. The average molecular weight is 339 g/mol. The molecule has 5 heteroatoms. The second-order valence-corrected chi connectivity index (χ2v) is 7.32. The Morgan fingerprint density at radius 1 is 1.24 bits per heavy atom. The summed E-state index contributed by atoms with van der Waals surface area (Å²) in [6, 6.07) is 7.85. The molecule has 0 spiro atoms. The molecule has 0 N–H and O–H groups in total. The quantitative estimate of drug-likeness (QED) is 0.838. The number of nitrogens with zero attached hydrogens (tertiary/aromatic N) is 3. The molecule has 2 fully saturated rings. The summed E-state index contributed by atoms with van der Waals surface area (Å²) in [7, 11) is 0. The van der Waals surface area contributed by atoms with Crippen LogP contribution in [-0.4, -0.2) is 40.3 Å². The van der Waals surface area contributed by atoms with Crippen molar-refractivity contribution in [2.24, 2.45) is 5.92 Å². The smallest absolute Gasteiger partial charge is 0.253 e. The van der Waals surface area contributed by atoms with Gasteiger partial charge in [0.2, 0.25) is 0 Å². The number of hydrogen-bond donors (Lipinski definition) is 0. The minimum atomic E-state index is 0.0994. The van der Waals surface area contributed by atoms with Gasteiger partial charge in [-0.25, -0.2) is 0 Å². The first kappa shape index (κ1) is 16.2. The van der Waals surface area contributed by atoms with Gasteiger partial charge in [-0.2, -0.15) is 5.10 Å². The lowest BCUT2D eigenvalue weighted by atomic mass is 10.0. The third kappa shape index (κ3) is 3.86. The molecule has 1 aromatic heterocycles. The van der Waals surface area contributed by atoms with Crippen LogP contribution in [0.1, 0.15) is 47.6 Å². The maximum atomic E-state index is 12.8. The molecule has 1 atom stereocenters. The van der Waals surface area contributed by atoms with Crippen LogP contribution >= 0.6 is 0 Å². The molecule has 1 saturated carbocycles. The van der Waals surface area contributed by atoms with Gasteiger partial charge in [-0.1, -0.05) is 0 Å². The molecule has 0 bridgehead atoms. The molecular weight excluding hydrogens is 314 g/mol. The largest absolute Gasteiger partial charge is 0.493 e. The van der Waals surface area contributed by atoms with Gasteiger partial charge in [0.15, 0.2) is 0 Å². The van der Waals surface area contributed by atoms with Crippen LogP contribution in [-0.2, 0) is 0 Å². The van der Waals surface area contributed by atoms with E-state index in [1.165, 1.54) is 12.8 Å². The van der Waals surface area contributed by atoms with Gasteiger partial charge < -0.3 is 9.64 Å². The Morgan fingerprint density at radius 2 is 2.04 bits per heavy atom. The molecule has 25 heavy (non-hydrogen) atoms. The van der Waals surface area contributed by atoms with E-state index >= 15 is 0 Å². The van der Waals surface area contributed by atoms with Crippen molar-refractivity contribution in [1.82, 2.24) is 14.7 Å². The first-order chi connectivity index (χ1) is 12.2. The average Bonchev–Trinajstić information content (AvgIpc) is 3.39. The number of hydrogen-bond acceptors (Lipinski definition) is 3. The summed E-state index contributed by atoms with van der Waals surface area (Å²) < 4.78 is 7.75. The Morgan fingerprint density at radius 3 is 2.72 bits per heavy atom. The van der Waals surface area contributed by atoms with Gasteiger partial charge >= 0.3 is 0 Å². The van der Waals surface area contributed by atoms with Crippen LogP contribution in [0.15, 0.2) is 36.7 Å². The lowest BCUT2D eigenvalue weighted by Crippen LogP contribution is -2.40. The molecule has 5 nitrogen and oxygen atoms in total. The number of likely N-dealkylation sites (tertiary alicyclic amines) is 1. The second kappa shape index (κ2) is 6.90. The van der Waals surface area contributed by atoms with Crippen LogP contribution < -0.4 is 4.74 Å². The molecule has 1 unspecified atom stereocenters. The van der Waals surface area contributed by atoms with Gasteiger partial charge in [0.25, 0.3) is 5.91 Å². The monoisotopic (exact) mass is 339 g/mol. The van der Waals surface area contributed by atoms with Crippen molar-refractivity contribution in [3.8, 4) is 5.75 Å². The highest BCUT2D eigenvalue weighted by molar-refractivity contribution is 5.94. The fraction of sp³-hybridized carbons (Fsp3) is 0.500. The normalized spacial score (nSPS) is 20.5. The zero-order valence-electron chi connectivity index (χ0n) is 14.7. The summed E-state index contributed by atoms with van der Waals surface area (Å²) in [6.07, 6.45) is 8.58. The summed E-state index contributed by atoms with van der Waals surface area (Å²) in [5, 5.41) is 4.42. The SMILES string of the molecule is Cc1cnn(C2CCCN(C(=O)c3ccc(OCC4CC4)cc3)C2)c1. The Kier molecular flexibility index (Phi) is 4.47. The fourth-order valence-electron chi connectivity index (χ4n) is 3.36. The van der Waals surface area contributed by atoms with Gasteiger partial charge in [0.1, 0.15) is 5.75 Å². The summed E-state index contributed by atoms with van der Waals surface area (Å²) >= 11 is 0. The zero-order chi connectivity index (χ0) is 17.2. The lowest BCUT2D eigenvalue weighted by molar-refractivity contribution is 0.0673. The highest BCUT2D eigenvalue weighted by atomic mass is 16.5.